The van der Waals surface area contributed by atoms with Crippen molar-refractivity contribution in [3.05, 3.63) is 35.9 Å². The van der Waals surface area contributed by atoms with Gasteiger partial charge >= 0.3 is 6.03 Å². The Labute approximate surface area is 95.5 Å². The number of nitrogens with zero attached hydrogens (tertiary/aromatic N) is 2. The summed E-state index contributed by atoms with van der Waals surface area (Å²) < 4.78 is 0. The number of amides is 2. The van der Waals surface area contributed by atoms with Crippen molar-refractivity contribution >= 4 is 6.03 Å². The Balaban J connectivity index is 2.33. The van der Waals surface area contributed by atoms with Crippen LogP contribution in [0.2, 0.25) is 0 Å². The normalized spacial score (nSPS) is 9.25. The molecule has 2 amide bonds. The third-order valence-electron chi connectivity index (χ3n) is 2.19. The zero-order valence-corrected chi connectivity index (χ0v) is 9.31. The first-order chi connectivity index (χ1) is 7.74. The van der Waals surface area contributed by atoms with Gasteiger partial charge in [-0.05, 0) is 5.56 Å². The number of hydrogen-bond acceptors (Lipinski definition) is 2. The SMILES string of the molecule is CN(CCC#N)C(=O)NCc1ccccc1. The van der Waals surface area contributed by atoms with E-state index < -0.39 is 0 Å². The molecule has 0 saturated carbocycles. The largest absolute Gasteiger partial charge is 0.334 e. The van der Waals surface area contributed by atoms with Gasteiger partial charge in [-0.15, -0.1) is 0 Å². The Bertz CT molecular complexity index is 370. The minimum absolute atomic E-state index is 0.154. The quantitative estimate of drug-likeness (QED) is 0.835. The Morgan fingerprint density at radius 2 is 2.12 bits per heavy atom. The minimum atomic E-state index is -0.154. The predicted octanol–water partition coefficient (Wildman–Crippen LogP) is 1.74. The van der Waals surface area contributed by atoms with Gasteiger partial charge in [0.25, 0.3) is 0 Å². The predicted molar refractivity (Wildman–Crippen MR) is 61.5 cm³/mol. The Kier molecular flexibility index (Phi) is 4.87. The Morgan fingerprint density at radius 3 is 2.75 bits per heavy atom. The first-order valence-corrected chi connectivity index (χ1v) is 5.14. The molecule has 16 heavy (non-hydrogen) atoms. The van der Waals surface area contributed by atoms with Crippen LogP contribution in [0, 0.1) is 11.3 Å². The van der Waals surface area contributed by atoms with Crippen LogP contribution in [0.5, 0.6) is 0 Å². The highest BCUT2D eigenvalue weighted by molar-refractivity contribution is 5.73. The van der Waals surface area contributed by atoms with Crippen molar-refractivity contribution < 1.29 is 4.79 Å². The van der Waals surface area contributed by atoms with Crippen molar-refractivity contribution in [3.63, 3.8) is 0 Å². The highest BCUT2D eigenvalue weighted by Crippen LogP contribution is 1.97. The number of nitrogens with one attached hydrogen (secondary N) is 1. The second-order valence-corrected chi connectivity index (χ2v) is 3.47. The number of rotatable bonds is 4. The fourth-order valence-corrected chi connectivity index (χ4v) is 1.23. The second kappa shape index (κ2) is 6.46. The van der Waals surface area contributed by atoms with Gasteiger partial charge < -0.3 is 10.2 Å². The van der Waals surface area contributed by atoms with E-state index in [0.29, 0.717) is 19.5 Å². The average Bonchev–Trinajstić information content (AvgIpc) is 2.34. The first-order valence-electron chi connectivity index (χ1n) is 5.14. The Hall–Kier alpha value is -2.02. The summed E-state index contributed by atoms with van der Waals surface area (Å²) in [5.41, 5.74) is 1.06. The van der Waals surface area contributed by atoms with E-state index >= 15 is 0 Å². The molecule has 0 aliphatic carbocycles. The van der Waals surface area contributed by atoms with Crippen molar-refractivity contribution in [1.82, 2.24) is 10.2 Å². The second-order valence-electron chi connectivity index (χ2n) is 3.47. The van der Waals surface area contributed by atoms with Gasteiger partial charge in [-0.3, -0.25) is 0 Å². The van der Waals surface area contributed by atoms with Gasteiger partial charge in [0, 0.05) is 20.1 Å². The zero-order chi connectivity index (χ0) is 11.8. The van der Waals surface area contributed by atoms with Crippen LogP contribution in [-0.2, 0) is 6.54 Å². The van der Waals surface area contributed by atoms with Gasteiger partial charge in [-0.1, -0.05) is 30.3 Å². The van der Waals surface area contributed by atoms with Crippen LogP contribution in [-0.4, -0.2) is 24.5 Å². The third kappa shape index (κ3) is 4.01. The van der Waals surface area contributed by atoms with Crippen molar-refractivity contribution in [2.24, 2.45) is 0 Å². The average molecular weight is 217 g/mol. The Morgan fingerprint density at radius 1 is 1.44 bits per heavy atom. The number of urea groups is 1. The molecule has 0 unspecified atom stereocenters. The molecule has 0 spiro atoms. The van der Waals surface area contributed by atoms with Gasteiger partial charge in [-0.2, -0.15) is 5.26 Å². The van der Waals surface area contributed by atoms with E-state index in [4.69, 9.17) is 5.26 Å². The zero-order valence-electron chi connectivity index (χ0n) is 9.31. The summed E-state index contributed by atoms with van der Waals surface area (Å²) in [4.78, 5) is 13.0. The fourth-order valence-electron chi connectivity index (χ4n) is 1.23. The van der Waals surface area contributed by atoms with Gasteiger partial charge in [0.1, 0.15) is 0 Å². The molecule has 0 heterocycles. The van der Waals surface area contributed by atoms with Crippen LogP contribution >= 0.6 is 0 Å². The number of carbonyl (C=O) groups excluding carboxylic acids is 1. The van der Waals surface area contributed by atoms with Crippen LogP contribution in [0.4, 0.5) is 4.79 Å². The summed E-state index contributed by atoms with van der Waals surface area (Å²) in [6.45, 7) is 0.966. The van der Waals surface area contributed by atoms with Crippen molar-refractivity contribution in [2.75, 3.05) is 13.6 Å². The van der Waals surface area contributed by atoms with Gasteiger partial charge in [0.05, 0.1) is 12.5 Å². The molecule has 0 aliphatic rings. The molecule has 1 aromatic carbocycles. The molecule has 4 nitrogen and oxygen atoms in total. The summed E-state index contributed by atoms with van der Waals surface area (Å²) in [5.74, 6) is 0. The molecule has 0 fully saturated rings. The van der Waals surface area contributed by atoms with Crippen molar-refractivity contribution in [2.45, 2.75) is 13.0 Å². The van der Waals surface area contributed by atoms with E-state index in [-0.39, 0.29) is 6.03 Å². The molecule has 0 atom stereocenters. The van der Waals surface area contributed by atoms with E-state index in [1.54, 1.807) is 7.05 Å². The maximum Gasteiger partial charge on any atom is 0.317 e. The fraction of sp³-hybridized carbons (Fsp3) is 0.333. The highest BCUT2D eigenvalue weighted by atomic mass is 16.2. The maximum absolute atomic E-state index is 11.5. The molecule has 0 aromatic heterocycles. The van der Waals surface area contributed by atoms with Gasteiger partial charge in [-0.25, -0.2) is 4.79 Å². The van der Waals surface area contributed by atoms with Crippen LogP contribution in [0.1, 0.15) is 12.0 Å². The molecule has 0 radical (unpaired) electrons. The number of benzene rings is 1. The summed E-state index contributed by atoms with van der Waals surface area (Å²) in [6, 6.07) is 11.6. The van der Waals surface area contributed by atoms with Gasteiger partial charge in [0.15, 0.2) is 0 Å². The number of nitriles is 1. The van der Waals surface area contributed by atoms with E-state index in [9.17, 15) is 4.79 Å². The van der Waals surface area contributed by atoms with Crippen LogP contribution in [0.15, 0.2) is 30.3 Å². The molecule has 1 rings (SSSR count). The lowest BCUT2D eigenvalue weighted by Gasteiger charge is -2.16. The van der Waals surface area contributed by atoms with E-state index in [1.807, 2.05) is 36.4 Å². The lowest BCUT2D eigenvalue weighted by atomic mass is 10.2. The molecule has 0 saturated heterocycles. The summed E-state index contributed by atoms with van der Waals surface area (Å²) >= 11 is 0. The van der Waals surface area contributed by atoms with Crippen LogP contribution in [0.3, 0.4) is 0 Å². The standard InChI is InChI=1S/C12H15N3O/c1-15(9-5-8-13)12(16)14-10-11-6-3-2-4-7-11/h2-4,6-7H,5,9-10H2,1H3,(H,14,16). The molecule has 0 aliphatic heterocycles. The van der Waals surface area contributed by atoms with E-state index in [2.05, 4.69) is 5.32 Å². The molecular formula is C12H15N3O. The van der Waals surface area contributed by atoms with Gasteiger partial charge in [0.2, 0.25) is 0 Å². The molecule has 1 aromatic rings. The van der Waals surface area contributed by atoms with Crippen LogP contribution in [0.25, 0.3) is 0 Å². The summed E-state index contributed by atoms with van der Waals surface area (Å²) in [6.07, 6.45) is 0.356. The smallest absolute Gasteiger partial charge is 0.317 e. The number of carbonyl (C=O) groups is 1. The monoisotopic (exact) mass is 217 g/mol. The van der Waals surface area contributed by atoms with E-state index in [0.717, 1.165) is 5.56 Å². The molecule has 1 N–H and O–H groups in total. The summed E-state index contributed by atoms with van der Waals surface area (Å²) in [5, 5.41) is 11.2. The lowest BCUT2D eigenvalue weighted by Crippen LogP contribution is -2.37. The first kappa shape index (κ1) is 12.1. The van der Waals surface area contributed by atoms with Crippen molar-refractivity contribution in [1.29, 1.82) is 5.26 Å². The topological polar surface area (TPSA) is 56.1 Å². The van der Waals surface area contributed by atoms with Crippen LogP contribution < -0.4 is 5.32 Å². The molecular weight excluding hydrogens is 202 g/mol. The molecule has 0 bridgehead atoms. The number of hydrogen-bond donors (Lipinski definition) is 1. The lowest BCUT2D eigenvalue weighted by molar-refractivity contribution is 0.209. The highest BCUT2D eigenvalue weighted by Gasteiger charge is 2.06. The minimum Gasteiger partial charge on any atom is -0.334 e. The van der Waals surface area contributed by atoms with E-state index in [1.165, 1.54) is 4.90 Å². The molecule has 4 heteroatoms. The molecule has 84 valence electrons. The maximum atomic E-state index is 11.5. The third-order valence-corrected chi connectivity index (χ3v) is 2.19. The van der Waals surface area contributed by atoms with Crippen molar-refractivity contribution in [3.8, 4) is 6.07 Å². The summed E-state index contributed by atoms with van der Waals surface area (Å²) in [7, 11) is 1.68.